The second kappa shape index (κ2) is 7.73. The number of aromatic nitrogens is 2. The molecule has 1 amide bonds. The first-order valence-electron chi connectivity index (χ1n) is 8.88. The Morgan fingerprint density at radius 1 is 1.35 bits per heavy atom. The Kier molecular flexibility index (Phi) is 5.19. The Morgan fingerprint density at radius 2 is 2.19 bits per heavy atom. The minimum Gasteiger partial charge on any atom is -0.322 e. The van der Waals surface area contributed by atoms with E-state index in [0.29, 0.717) is 10.0 Å². The van der Waals surface area contributed by atoms with Crippen molar-refractivity contribution in [1.82, 2.24) is 14.5 Å². The quantitative estimate of drug-likeness (QED) is 0.703. The van der Waals surface area contributed by atoms with E-state index in [-0.39, 0.29) is 5.91 Å². The van der Waals surface area contributed by atoms with Gasteiger partial charge in [0, 0.05) is 30.9 Å². The lowest BCUT2D eigenvalue weighted by Crippen LogP contribution is -2.33. The topological polar surface area (TPSA) is 50.2 Å². The molecule has 0 bridgehead atoms. The summed E-state index contributed by atoms with van der Waals surface area (Å²) in [5.74, 6) is 0.656. The molecule has 1 saturated heterocycles. The standard InChI is InChI=1S/C19H22N4OS2/c1-14-5-4-7-22(11-14)12-15-13-26-19(20-15)21-18(24)17-16(6-10-25-17)23-8-2-3-9-23/h2-3,6,8-10,13-14H,4-5,7,11-12H2,1H3,(H,20,21,24). The number of rotatable bonds is 5. The molecule has 4 heterocycles. The highest BCUT2D eigenvalue weighted by Crippen LogP contribution is 2.25. The first-order chi connectivity index (χ1) is 12.7. The normalized spacial score (nSPS) is 18.1. The largest absolute Gasteiger partial charge is 0.322 e. The van der Waals surface area contributed by atoms with Gasteiger partial charge in [-0.1, -0.05) is 6.92 Å². The molecule has 1 aliphatic rings. The Labute approximate surface area is 161 Å². The lowest BCUT2D eigenvalue weighted by molar-refractivity contribution is 0.103. The predicted molar refractivity (Wildman–Crippen MR) is 107 cm³/mol. The van der Waals surface area contributed by atoms with Crippen LogP contribution in [0.5, 0.6) is 0 Å². The Bertz CT molecular complexity index is 868. The average molecular weight is 387 g/mol. The minimum absolute atomic E-state index is 0.101. The van der Waals surface area contributed by atoms with Crippen LogP contribution in [0.25, 0.3) is 5.69 Å². The maximum Gasteiger partial charge on any atom is 0.269 e. The predicted octanol–water partition coefficient (Wildman–Crippen LogP) is 4.48. The number of hydrogen-bond acceptors (Lipinski definition) is 5. The molecule has 0 aliphatic carbocycles. The van der Waals surface area contributed by atoms with Crippen LogP contribution in [-0.2, 0) is 6.54 Å². The molecule has 3 aromatic heterocycles. The van der Waals surface area contributed by atoms with Crippen molar-refractivity contribution in [3.63, 3.8) is 0 Å². The fourth-order valence-electron chi connectivity index (χ4n) is 3.42. The van der Waals surface area contributed by atoms with E-state index in [0.717, 1.165) is 36.9 Å². The number of piperidine rings is 1. The van der Waals surface area contributed by atoms with E-state index in [1.54, 1.807) is 0 Å². The van der Waals surface area contributed by atoms with Gasteiger partial charge in [0.1, 0.15) is 4.88 Å². The number of amides is 1. The summed E-state index contributed by atoms with van der Waals surface area (Å²) in [6.45, 7) is 5.44. The maximum atomic E-state index is 12.7. The zero-order valence-corrected chi connectivity index (χ0v) is 16.4. The average Bonchev–Trinajstić information content (AvgIpc) is 3.36. The van der Waals surface area contributed by atoms with Crippen LogP contribution in [0, 0.1) is 5.92 Å². The molecule has 3 aromatic rings. The summed E-state index contributed by atoms with van der Waals surface area (Å²) in [4.78, 5) is 20.4. The fourth-order valence-corrected chi connectivity index (χ4v) is 4.90. The van der Waals surface area contributed by atoms with Crippen molar-refractivity contribution in [2.45, 2.75) is 26.3 Å². The number of likely N-dealkylation sites (tertiary alicyclic amines) is 1. The van der Waals surface area contributed by atoms with Crippen LogP contribution in [-0.4, -0.2) is 33.4 Å². The van der Waals surface area contributed by atoms with Gasteiger partial charge in [0.15, 0.2) is 5.13 Å². The fraction of sp³-hybridized carbons (Fsp3) is 0.368. The molecule has 7 heteroatoms. The van der Waals surface area contributed by atoms with Crippen molar-refractivity contribution in [1.29, 1.82) is 0 Å². The van der Waals surface area contributed by atoms with E-state index in [1.807, 2.05) is 40.5 Å². The van der Waals surface area contributed by atoms with E-state index >= 15 is 0 Å². The van der Waals surface area contributed by atoms with Crippen molar-refractivity contribution < 1.29 is 4.79 Å². The van der Waals surface area contributed by atoms with E-state index in [2.05, 4.69) is 27.5 Å². The molecule has 136 valence electrons. The summed E-state index contributed by atoms with van der Waals surface area (Å²) in [5, 5.41) is 7.62. The molecule has 0 spiro atoms. The van der Waals surface area contributed by atoms with E-state index in [9.17, 15) is 4.79 Å². The lowest BCUT2D eigenvalue weighted by atomic mass is 10.0. The summed E-state index contributed by atoms with van der Waals surface area (Å²) in [6.07, 6.45) is 6.47. The van der Waals surface area contributed by atoms with Gasteiger partial charge >= 0.3 is 0 Å². The highest BCUT2D eigenvalue weighted by atomic mass is 32.1. The van der Waals surface area contributed by atoms with Crippen molar-refractivity contribution in [3.05, 3.63) is 51.9 Å². The first-order valence-corrected chi connectivity index (χ1v) is 10.6. The Morgan fingerprint density at radius 3 is 3.00 bits per heavy atom. The summed E-state index contributed by atoms with van der Waals surface area (Å²) in [6, 6.07) is 5.87. The van der Waals surface area contributed by atoms with Crippen LogP contribution in [0.2, 0.25) is 0 Å². The van der Waals surface area contributed by atoms with Gasteiger partial charge in [0.05, 0.1) is 11.4 Å². The number of hydrogen-bond donors (Lipinski definition) is 1. The van der Waals surface area contributed by atoms with Crippen LogP contribution in [0.15, 0.2) is 41.4 Å². The number of anilines is 1. The van der Waals surface area contributed by atoms with E-state index in [4.69, 9.17) is 0 Å². The summed E-state index contributed by atoms with van der Waals surface area (Å²) >= 11 is 2.94. The minimum atomic E-state index is -0.101. The van der Waals surface area contributed by atoms with Crippen LogP contribution in [0.1, 0.15) is 35.1 Å². The highest BCUT2D eigenvalue weighted by molar-refractivity contribution is 7.14. The molecular weight excluding hydrogens is 364 g/mol. The van der Waals surface area contributed by atoms with Crippen molar-refractivity contribution in [2.75, 3.05) is 18.4 Å². The van der Waals surface area contributed by atoms with Crippen LogP contribution < -0.4 is 5.32 Å². The monoisotopic (exact) mass is 386 g/mol. The SMILES string of the molecule is CC1CCCN(Cc2csc(NC(=O)c3sccc3-n3cccc3)n2)C1. The second-order valence-electron chi connectivity index (χ2n) is 6.81. The number of nitrogens with zero attached hydrogens (tertiary/aromatic N) is 3. The second-order valence-corrected chi connectivity index (χ2v) is 8.58. The maximum absolute atomic E-state index is 12.7. The van der Waals surface area contributed by atoms with Gasteiger partial charge in [-0.3, -0.25) is 15.0 Å². The third-order valence-corrected chi connectivity index (χ3v) is 6.34. The third-order valence-electron chi connectivity index (χ3n) is 4.63. The van der Waals surface area contributed by atoms with Crippen molar-refractivity contribution in [2.24, 2.45) is 5.92 Å². The molecule has 1 aliphatic heterocycles. The van der Waals surface area contributed by atoms with Crippen molar-refractivity contribution >= 4 is 33.7 Å². The highest BCUT2D eigenvalue weighted by Gasteiger charge is 2.19. The Balaban J connectivity index is 1.41. The zero-order valence-electron chi connectivity index (χ0n) is 14.7. The van der Waals surface area contributed by atoms with E-state index < -0.39 is 0 Å². The number of carbonyl (C=O) groups is 1. The van der Waals surface area contributed by atoms with Gasteiger partial charge in [-0.05, 0) is 48.9 Å². The van der Waals surface area contributed by atoms with Crippen molar-refractivity contribution in [3.8, 4) is 5.69 Å². The molecule has 1 atom stereocenters. The lowest BCUT2D eigenvalue weighted by Gasteiger charge is -2.30. The van der Waals surface area contributed by atoms with Gasteiger partial charge in [0.2, 0.25) is 0 Å². The molecule has 1 unspecified atom stereocenters. The molecular formula is C19H22N4OS2. The van der Waals surface area contributed by atoms with Gasteiger partial charge in [0.25, 0.3) is 5.91 Å². The van der Waals surface area contributed by atoms with Gasteiger partial charge in [-0.15, -0.1) is 22.7 Å². The summed E-state index contributed by atoms with van der Waals surface area (Å²) in [5.41, 5.74) is 1.94. The molecule has 0 radical (unpaired) electrons. The van der Waals surface area contributed by atoms with Gasteiger partial charge in [-0.25, -0.2) is 4.98 Å². The Hall–Kier alpha value is -1.96. The van der Waals surface area contributed by atoms with Crippen LogP contribution in [0.4, 0.5) is 5.13 Å². The van der Waals surface area contributed by atoms with Crippen LogP contribution in [0.3, 0.4) is 0 Å². The summed E-state index contributed by atoms with van der Waals surface area (Å²) < 4.78 is 1.95. The zero-order chi connectivity index (χ0) is 17.9. The number of nitrogens with one attached hydrogen (secondary N) is 1. The summed E-state index contributed by atoms with van der Waals surface area (Å²) in [7, 11) is 0. The number of thiazole rings is 1. The number of carbonyl (C=O) groups excluding carboxylic acids is 1. The molecule has 1 N–H and O–H groups in total. The third kappa shape index (κ3) is 3.90. The van der Waals surface area contributed by atoms with Gasteiger partial charge in [-0.2, -0.15) is 0 Å². The molecule has 4 rings (SSSR count). The smallest absolute Gasteiger partial charge is 0.269 e. The first kappa shape index (κ1) is 17.5. The molecule has 5 nitrogen and oxygen atoms in total. The molecule has 1 fully saturated rings. The molecule has 26 heavy (non-hydrogen) atoms. The molecule has 0 aromatic carbocycles. The van der Waals surface area contributed by atoms with Crippen LogP contribution >= 0.6 is 22.7 Å². The van der Waals surface area contributed by atoms with E-state index in [1.165, 1.54) is 35.5 Å². The van der Waals surface area contributed by atoms with Gasteiger partial charge < -0.3 is 4.57 Å². The molecule has 0 saturated carbocycles. The number of thiophene rings is 1.